The first-order chi connectivity index (χ1) is 20.2. The van der Waals surface area contributed by atoms with Crippen LogP contribution in [0.2, 0.25) is 0 Å². The predicted octanol–water partition coefficient (Wildman–Crippen LogP) is 2.84. The molecule has 4 N–H and O–H groups in total. The molecule has 13 heteroatoms. The van der Waals surface area contributed by atoms with Crippen LogP contribution in [0.25, 0.3) is 0 Å². The Morgan fingerprint density at radius 3 is 2.67 bits per heavy atom. The molecule has 1 saturated heterocycles. The Morgan fingerprint density at radius 2 is 1.98 bits per heavy atom. The Bertz CT molecular complexity index is 1200. The Morgan fingerprint density at radius 1 is 1.17 bits per heavy atom. The van der Waals surface area contributed by atoms with E-state index in [9.17, 15) is 24.3 Å². The molecule has 3 rings (SSSR count). The van der Waals surface area contributed by atoms with Crippen molar-refractivity contribution in [3.05, 3.63) is 54.2 Å². The zero-order valence-electron chi connectivity index (χ0n) is 24.1. The summed E-state index contributed by atoms with van der Waals surface area (Å²) in [5.74, 6) is -1.11. The summed E-state index contributed by atoms with van der Waals surface area (Å²) in [4.78, 5) is 56.2. The molecule has 0 unspecified atom stereocenters. The van der Waals surface area contributed by atoms with Crippen LogP contribution < -0.4 is 16.1 Å². The fraction of sp³-hybridized carbons (Fsp3) is 0.483. The third-order valence-corrected chi connectivity index (χ3v) is 8.93. The number of amides is 3. The van der Waals surface area contributed by atoms with Gasteiger partial charge in [-0.25, -0.2) is 10.4 Å². The molecule has 1 aromatic heterocycles. The second-order valence-corrected chi connectivity index (χ2v) is 12.7. The maximum absolute atomic E-state index is 13.6. The highest BCUT2D eigenvalue weighted by atomic mass is 33.1. The van der Waals surface area contributed by atoms with E-state index in [-0.39, 0.29) is 30.4 Å². The van der Waals surface area contributed by atoms with Crippen LogP contribution >= 0.6 is 21.6 Å². The quantitative estimate of drug-likeness (QED) is 0.142. The first kappa shape index (κ1) is 33.2. The van der Waals surface area contributed by atoms with E-state index in [1.165, 1.54) is 24.3 Å². The molecule has 1 fully saturated rings. The number of rotatable bonds is 14. The summed E-state index contributed by atoms with van der Waals surface area (Å²) >= 11 is 0. The van der Waals surface area contributed by atoms with Crippen molar-refractivity contribution in [1.29, 1.82) is 0 Å². The van der Waals surface area contributed by atoms with Crippen LogP contribution in [0, 0.1) is 5.92 Å². The SMILES string of the molecule is COC(=O)[C@@H]1CCCN(C(=O)[C@H](Cc2cccc(O)c2)NC(=O)[C@@H](NC(=O)CCCSSc2ccccn2)C(C)C)N1. The number of ether oxygens (including phenoxy) is 1. The lowest BCUT2D eigenvalue weighted by atomic mass is 10.00. The highest BCUT2D eigenvalue weighted by Crippen LogP contribution is 2.29. The fourth-order valence-electron chi connectivity index (χ4n) is 4.40. The number of esters is 1. The lowest BCUT2D eigenvalue weighted by molar-refractivity contribution is -0.151. The smallest absolute Gasteiger partial charge is 0.324 e. The number of carbonyl (C=O) groups excluding carboxylic acids is 4. The highest BCUT2D eigenvalue weighted by molar-refractivity contribution is 8.76. The van der Waals surface area contributed by atoms with Gasteiger partial charge in [-0.15, -0.1) is 0 Å². The van der Waals surface area contributed by atoms with Crippen LogP contribution in [0.3, 0.4) is 0 Å². The van der Waals surface area contributed by atoms with Crippen molar-refractivity contribution in [2.24, 2.45) is 5.92 Å². The van der Waals surface area contributed by atoms with Gasteiger partial charge in [0.2, 0.25) is 11.8 Å². The van der Waals surface area contributed by atoms with E-state index in [0.29, 0.717) is 31.4 Å². The molecule has 0 spiro atoms. The molecule has 0 radical (unpaired) electrons. The number of aromatic nitrogens is 1. The number of hydrogen-bond acceptors (Lipinski definition) is 10. The molecule has 0 saturated carbocycles. The minimum atomic E-state index is -1.01. The molecule has 3 amide bonds. The van der Waals surface area contributed by atoms with Gasteiger partial charge in [0.25, 0.3) is 5.91 Å². The van der Waals surface area contributed by atoms with E-state index in [4.69, 9.17) is 4.74 Å². The lowest BCUT2D eigenvalue weighted by Gasteiger charge is -2.35. The summed E-state index contributed by atoms with van der Waals surface area (Å²) in [5, 5.41) is 17.8. The van der Waals surface area contributed by atoms with Gasteiger partial charge >= 0.3 is 5.97 Å². The second kappa shape index (κ2) is 17.0. The largest absolute Gasteiger partial charge is 0.508 e. The number of hydrogen-bond donors (Lipinski definition) is 4. The van der Waals surface area contributed by atoms with Crippen LogP contribution in [-0.4, -0.2) is 76.3 Å². The standard InChI is InChI=1S/C29H39N5O6S2/c1-19(2)26(32-24(36)12-8-16-41-42-25-13-4-5-14-30-25)27(37)31-23(18-20-9-6-10-21(35)17-20)28(38)34-15-7-11-22(33-34)29(39)40-3/h4-6,9-10,13-14,17,19,22-23,26,33,35H,7-8,11-12,15-16,18H2,1-3H3,(H,31,37)(H,32,36)/t22-,23-,26-/m0/s1. The molecule has 0 bridgehead atoms. The van der Waals surface area contributed by atoms with Gasteiger partial charge in [-0.3, -0.25) is 24.2 Å². The molecule has 3 atom stereocenters. The molecular formula is C29H39N5O6S2. The summed E-state index contributed by atoms with van der Waals surface area (Å²) in [6.07, 6.45) is 3.81. The van der Waals surface area contributed by atoms with E-state index in [0.717, 1.165) is 10.8 Å². The number of aromatic hydroxyl groups is 1. The van der Waals surface area contributed by atoms with Crippen LogP contribution in [-0.2, 0) is 30.3 Å². The van der Waals surface area contributed by atoms with Crippen molar-refractivity contribution in [2.75, 3.05) is 19.4 Å². The number of methoxy groups -OCH3 is 1. The van der Waals surface area contributed by atoms with Gasteiger partial charge in [-0.2, -0.15) is 0 Å². The third-order valence-electron chi connectivity index (χ3n) is 6.58. The van der Waals surface area contributed by atoms with Crippen molar-refractivity contribution in [1.82, 2.24) is 26.1 Å². The van der Waals surface area contributed by atoms with Crippen LogP contribution in [0.5, 0.6) is 5.75 Å². The normalized spacial score (nSPS) is 16.4. The van der Waals surface area contributed by atoms with Gasteiger partial charge in [0.15, 0.2) is 0 Å². The molecule has 1 aromatic carbocycles. The number of nitrogens with one attached hydrogen (secondary N) is 3. The number of nitrogens with zero attached hydrogens (tertiary/aromatic N) is 2. The molecule has 2 heterocycles. The average molecular weight is 618 g/mol. The second-order valence-electron chi connectivity index (χ2n) is 10.2. The van der Waals surface area contributed by atoms with E-state index in [1.54, 1.807) is 39.9 Å². The van der Waals surface area contributed by atoms with Crippen molar-refractivity contribution < 1.29 is 29.0 Å². The Balaban J connectivity index is 1.62. The molecule has 2 aromatic rings. The maximum Gasteiger partial charge on any atom is 0.324 e. The Labute approximate surface area is 254 Å². The number of pyridine rings is 1. The van der Waals surface area contributed by atoms with Crippen LogP contribution in [0.4, 0.5) is 0 Å². The molecule has 1 aliphatic heterocycles. The van der Waals surface area contributed by atoms with Crippen molar-refractivity contribution >= 4 is 45.3 Å². The van der Waals surface area contributed by atoms with E-state index < -0.39 is 35.9 Å². The summed E-state index contributed by atoms with van der Waals surface area (Å²) < 4.78 is 4.83. The Hall–Kier alpha value is -3.29. The summed E-state index contributed by atoms with van der Waals surface area (Å²) in [5.41, 5.74) is 3.55. The van der Waals surface area contributed by atoms with Crippen LogP contribution in [0.1, 0.15) is 45.1 Å². The lowest BCUT2D eigenvalue weighted by Crippen LogP contribution is -2.62. The van der Waals surface area contributed by atoms with Gasteiger partial charge in [0.1, 0.15) is 28.9 Å². The van der Waals surface area contributed by atoms with Gasteiger partial charge in [0.05, 0.1) is 7.11 Å². The monoisotopic (exact) mass is 617 g/mol. The summed E-state index contributed by atoms with van der Waals surface area (Å²) in [6, 6.07) is 9.61. The van der Waals surface area contributed by atoms with Crippen molar-refractivity contribution in [3.63, 3.8) is 0 Å². The number of benzene rings is 1. The van der Waals surface area contributed by atoms with E-state index in [2.05, 4.69) is 21.0 Å². The summed E-state index contributed by atoms with van der Waals surface area (Å²) in [6.45, 7) is 3.99. The average Bonchev–Trinajstić information content (AvgIpc) is 2.99. The van der Waals surface area contributed by atoms with E-state index in [1.807, 2.05) is 32.0 Å². The van der Waals surface area contributed by atoms with Gasteiger partial charge < -0.3 is 20.5 Å². The maximum atomic E-state index is 13.6. The van der Waals surface area contributed by atoms with E-state index >= 15 is 0 Å². The number of phenols is 1. The Kier molecular flexibility index (Phi) is 13.4. The van der Waals surface area contributed by atoms with Crippen molar-refractivity contribution in [3.8, 4) is 5.75 Å². The minimum absolute atomic E-state index is 0.0378. The first-order valence-electron chi connectivity index (χ1n) is 13.9. The topological polar surface area (TPSA) is 150 Å². The predicted molar refractivity (Wildman–Crippen MR) is 162 cm³/mol. The fourth-order valence-corrected chi connectivity index (χ4v) is 6.36. The first-order valence-corrected chi connectivity index (χ1v) is 16.2. The van der Waals surface area contributed by atoms with Crippen LogP contribution in [0.15, 0.2) is 53.7 Å². The number of phenolic OH excluding ortho intramolecular Hbond substituents is 1. The van der Waals surface area contributed by atoms with Crippen molar-refractivity contribution in [2.45, 2.75) is 69.1 Å². The van der Waals surface area contributed by atoms with Gasteiger partial charge in [-0.05, 0) is 65.8 Å². The van der Waals surface area contributed by atoms with Gasteiger partial charge in [-0.1, -0.05) is 42.8 Å². The molecular weight excluding hydrogens is 578 g/mol. The zero-order chi connectivity index (χ0) is 30.5. The third kappa shape index (κ3) is 10.5. The number of hydrazine groups is 1. The molecule has 1 aliphatic rings. The highest BCUT2D eigenvalue weighted by Gasteiger charge is 2.34. The summed E-state index contributed by atoms with van der Waals surface area (Å²) in [7, 11) is 4.45. The molecule has 42 heavy (non-hydrogen) atoms. The molecule has 11 nitrogen and oxygen atoms in total. The molecule has 228 valence electrons. The zero-order valence-corrected chi connectivity index (χ0v) is 25.7. The number of carbonyl (C=O) groups is 4. The molecule has 0 aliphatic carbocycles. The van der Waals surface area contributed by atoms with Gasteiger partial charge in [0, 0.05) is 31.3 Å². The minimum Gasteiger partial charge on any atom is -0.508 e.